The van der Waals surface area contributed by atoms with E-state index in [1.165, 1.54) is 12.1 Å². The Kier molecular flexibility index (Phi) is 4.80. The van der Waals surface area contributed by atoms with E-state index in [-0.39, 0.29) is 20.6 Å². The number of carbonyl (C=O) groups is 1. The minimum Gasteiger partial charge on any atom is -0.468 e. The molecule has 0 heterocycles. The molecule has 100 valence electrons. The second kappa shape index (κ2) is 5.75. The molecule has 0 aliphatic heterocycles. The number of ether oxygens (including phenoxy) is 1. The van der Waals surface area contributed by atoms with Crippen LogP contribution in [0.4, 0.5) is 5.69 Å². The molecule has 0 fully saturated rings. The summed E-state index contributed by atoms with van der Waals surface area (Å²) in [6, 6.07) is 2.49. The Hall–Kier alpha value is -1.02. The highest BCUT2D eigenvalue weighted by molar-refractivity contribution is 7.89. The van der Waals surface area contributed by atoms with E-state index in [9.17, 15) is 13.2 Å². The largest absolute Gasteiger partial charge is 0.468 e. The van der Waals surface area contributed by atoms with Gasteiger partial charge in [0.1, 0.15) is 11.4 Å². The maximum Gasteiger partial charge on any atom is 0.320 e. The van der Waals surface area contributed by atoms with Crippen molar-refractivity contribution in [2.24, 2.45) is 0 Å². The van der Waals surface area contributed by atoms with Crippen molar-refractivity contribution in [2.75, 3.05) is 19.4 Å². The van der Waals surface area contributed by atoms with Crippen LogP contribution in [0.3, 0.4) is 0 Å². The zero-order valence-corrected chi connectivity index (χ0v) is 11.6. The molecule has 0 aliphatic carbocycles. The summed E-state index contributed by atoms with van der Waals surface area (Å²) >= 11 is 11.4. The SMILES string of the molecule is COC(=O)CNS(=O)(=O)c1c(N)cc(Cl)cc1Cl. The first-order chi connectivity index (χ1) is 8.27. The molecule has 0 radical (unpaired) electrons. The molecular formula is C9H10Cl2N2O4S. The molecule has 9 heteroatoms. The molecule has 0 amide bonds. The van der Waals surface area contributed by atoms with Gasteiger partial charge in [-0.05, 0) is 12.1 Å². The van der Waals surface area contributed by atoms with Crippen molar-refractivity contribution in [3.8, 4) is 0 Å². The number of esters is 1. The number of sulfonamides is 1. The van der Waals surface area contributed by atoms with Gasteiger partial charge in [-0.15, -0.1) is 0 Å². The van der Waals surface area contributed by atoms with Crippen LogP contribution in [0.25, 0.3) is 0 Å². The van der Waals surface area contributed by atoms with Gasteiger partial charge in [0.15, 0.2) is 0 Å². The molecule has 0 spiro atoms. The number of carbonyl (C=O) groups excluding carboxylic acids is 1. The molecule has 3 N–H and O–H groups in total. The first-order valence-electron chi connectivity index (χ1n) is 4.59. The van der Waals surface area contributed by atoms with Gasteiger partial charge < -0.3 is 10.5 Å². The molecule has 0 saturated heterocycles. The molecular weight excluding hydrogens is 303 g/mol. The smallest absolute Gasteiger partial charge is 0.320 e. The Bertz CT molecular complexity index is 551. The summed E-state index contributed by atoms with van der Waals surface area (Å²) in [5.74, 6) is -0.734. The summed E-state index contributed by atoms with van der Waals surface area (Å²) in [5.41, 5.74) is 5.44. The third-order valence-electron chi connectivity index (χ3n) is 1.94. The molecule has 0 aliphatic rings. The van der Waals surface area contributed by atoms with E-state index in [4.69, 9.17) is 28.9 Å². The average Bonchev–Trinajstić information content (AvgIpc) is 2.24. The van der Waals surface area contributed by atoms with Crippen LogP contribution >= 0.6 is 23.2 Å². The molecule has 1 aromatic carbocycles. The summed E-state index contributed by atoms with van der Waals surface area (Å²) in [7, 11) is -2.87. The molecule has 18 heavy (non-hydrogen) atoms. The fraction of sp³-hybridized carbons (Fsp3) is 0.222. The second-order valence-electron chi connectivity index (χ2n) is 3.21. The molecule has 0 bridgehead atoms. The number of hydrogen-bond acceptors (Lipinski definition) is 5. The lowest BCUT2D eigenvalue weighted by atomic mass is 10.3. The summed E-state index contributed by atoms with van der Waals surface area (Å²) < 4.78 is 30.1. The van der Waals surface area contributed by atoms with Crippen molar-refractivity contribution in [2.45, 2.75) is 4.90 Å². The number of methoxy groups -OCH3 is 1. The summed E-state index contributed by atoms with van der Waals surface area (Å²) in [6.45, 7) is -0.517. The third kappa shape index (κ3) is 3.49. The molecule has 0 unspecified atom stereocenters. The van der Waals surface area contributed by atoms with Gasteiger partial charge in [0, 0.05) is 5.02 Å². The molecule has 0 atom stereocenters. The van der Waals surface area contributed by atoms with E-state index in [1.54, 1.807) is 0 Å². The van der Waals surface area contributed by atoms with E-state index in [0.717, 1.165) is 7.11 Å². The van der Waals surface area contributed by atoms with E-state index in [2.05, 4.69) is 4.74 Å². The van der Waals surface area contributed by atoms with Crippen LogP contribution in [0.1, 0.15) is 0 Å². The number of halogens is 2. The number of nitrogens with one attached hydrogen (secondary N) is 1. The van der Waals surface area contributed by atoms with Gasteiger partial charge in [-0.2, -0.15) is 4.72 Å². The van der Waals surface area contributed by atoms with E-state index >= 15 is 0 Å². The first-order valence-corrected chi connectivity index (χ1v) is 6.83. The quantitative estimate of drug-likeness (QED) is 0.639. The highest BCUT2D eigenvalue weighted by Crippen LogP contribution is 2.30. The highest BCUT2D eigenvalue weighted by atomic mass is 35.5. The number of rotatable bonds is 4. The van der Waals surface area contributed by atoms with Crippen molar-refractivity contribution in [3.63, 3.8) is 0 Å². The van der Waals surface area contributed by atoms with Crippen LogP contribution in [0, 0.1) is 0 Å². The van der Waals surface area contributed by atoms with Crippen LogP contribution in [-0.4, -0.2) is 28.0 Å². The van der Waals surface area contributed by atoms with Gasteiger partial charge in [-0.3, -0.25) is 4.79 Å². The Morgan fingerprint density at radius 3 is 2.56 bits per heavy atom. The number of benzene rings is 1. The van der Waals surface area contributed by atoms with Crippen molar-refractivity contribution < 1.29 is 17.9 Å². The van der Waals surface area contributed by atoms with Crippen LogP contribution in [0.2, 0.25) is 10.0 Å². The average molecular weight is 313 g/mol. The summed E-state index contributed by atoms with van der Waals surface area (Å²) in [5, 5.41) is 0.0850. The Balaban J connectivity index is 3.10. The van der Waals surface area contributed by atoms with Crippen LogP contribution < -0.4 is 10.5 Å². The Labute approximate surface area is 114 Å². The number of anilines is 1. The lowest BCUT2D eigenvalue weighted by molar-refractivity contribution is -0.139. The predicted octanol–water partition coefficient (Wildman–Crippen LogP) is 1.03. The molecule has 1 aromatic rings. The molecule has 1 rings (SSSR count). The fourth-order valence-electron chi connectivity index (χ4n) is 1.16. The first kappa shape index (κ1) is 15.0. The predicted molar refractivity (Wildman–Crippen MR) is 68.1 cm³/mol. The van der Waals surface area contributed by atoms with Crippen molar-refractivity contribution >= 4 is 44.9 Å². The number of hydrogen-bond donors (Lipinski definition) is 2. The van der Waals surface area contributed by atoms with Crippen molar-refractivity contribution in [1.82, 2.24) is 4.72 Å². The zero-order valence-electron chi connectivity index (χ0n) is 9.24. The number of nitrogen functional groups attached to an aromatic ring is 1. The normalized spacial score (nSPS) is 11.3. The van der Waals surface area contributed by atoms with Crippen LogP contribution in [0.15, 0.2) is 17.0 Å². The minimum absolute atomic E-state index is 0.107. The van der Waals surface area contributed by atoms with Gasteiger partial charge in [-0.1, -0.05) is 23.2 Å². The van der Waals surface area contributed by atoms with Crippen molar-refractivity contribution in [1.29, 1.82) is 0 Å². The standard InChI is InChI=1S/C9H10Cl2N2O4S/c1-17-8(14)4-13-18(15,16)9-6(11)2-5(10)3-7(9)12/h2-3,13H,4,12H2,1H3. The van der Waals surface area contributed by atoms with E-state index < -0.39 is 22.5 Å². The van der Waals surface area contributed by atoms with Gasteiger partial charge in [0.05, 0.1) is 17.8 Å². The van der Waals surface area contributed by atoms with Crippen LogP contribution in [0.5, 0.6) is 0 Å². The third-order valence-corrected chi connectivity index (χ3v) is 4.09. The molecule has 6 nitrogen and oxygen atoms in total. The maximum absolute atomic E-state index is 11.9. The maximum atomic E-state index is 11.9. The summed E-state index contributed by atoms with van der Waals surface area (Å²) in [6.07, 6.45) is 0. The highest BCUT2D eigenvalue weighted by Gasteiger charge is 2.22. The van der Waals surface area contributed by atoms with Gasteiger partial charge in [0.2, 0.25) is 10.0 Å². The fourth-order valence-corrected chi connectivity index (χ4v) is 3.11. The molecule has 0 saturated carbocycles. The lowest BCUT2D eigenvalue weighted by Gasteiger charge is -2.10. The zero-order chi connectivity index (χ0) is 13.9. The van der Waals surface area contributed by atoms with Crippen molar-refractivity contribution in [3.05, 3.63) is 22.2 Å². The minimum atomic E-state index is -4.01. The second-order valence-corrected chi connectivity index (χ2v) is 5.75. The topological polar surface area (TPSA) is 98.5 Å². The van der Waals surface area contributed by atoms with E-state index in [1.807, 2.05) is 4.72 Å². The van der Waals surface area contributed by atoms with Gasteiger partial charge in [0.25, 0.3) is 0 Å². The lowest BCUT2D eigenvalue weighted by Crippen LogP contribution is -2.31. The monoisotopic (exact) mass is 312 g/mol. The Morgan fingerprint density at radius 2 is 2.06 bits per heavy atom. The van der Waals surface area contributed by atoms with Crippen LogP contribution in [-0.2, 0) is 19.6 Å². The van der Waals surface area contributed by atoms with Gasteiger partial charge >= 0.3 is 5.97 Å². The number of nitrogens with two attached hydrogens (primary N) is 1. The summed E-state index contributed by atoms with van der Waals surface area (Å²) in [4.78, 5) is 10.6. The van der Waals surface area contributed by atoms with Gasteiger partial charge in [-0.25, -0.2) is 8.42 Å². The molecule has 0 aromatic heterocycles. The van der Waals surface area contributed by atoms with E-state index in [0.29, 0.717) is 0 Å². The Morgan fingerprint density at radius 1 is 1.44 bits per heavy atom.